The van der Waals surface area contributed by atoms with Gasteiger partial charge in [-0.15, -0.1) is 11.3 Å². The third kappa shape index (κ3) is 4.26. The number of aryl methyl sites for hydroxylation is 1. The van der Waals surface area contributed by atoms with Crippen LogP contribution in [0.25, 0.3) is 15.8 Å². The number of H-pyrrole nitrogens is 1. The average molecular weight is 530 g/mol. The maximum atomic E-state index is 13.0. The van der Waals surface area contributed by atoms with E-state index in [0.29, 0.717) is 29.0 Å². The molecule has 0 atom stereocenters. The number of carbonyl (C=O) groups excluding carboxylic acids is 1. The quantitative estimate of drug-likeness (QED) is 0.258. The van der Waals surface area contributed by atoms with Crippen molar-refractivity contribution < 1.29 is 4.79 Å². The lowest BCUT2D eigenvalue weighted by atomic mass is 9.96. The third-order valence-electron chi connectivity index (χ3n) is 6.87. The Hall–Kier alpha value is -4.31. The van der Waals surface area contributed by atoms with Gasteiger partial charge in [-0.2, -0.15) is 0 Å². The van der Waals surface area contributed by atoms with E-state index in [1.165, 1.54) is 11.3 Å². The molecule has 0 radical (unpaired) electrons. The number of amides is 1. The van der Waals surface area contributed by atoms with E-state index in [0.717, 1.165) is 39.1 Å². The van der Waals surface area contributed by atoms with E-state index in [-0.39, 0.29) is 23.6 Å². The summed E-state index contributed by atoms with van der Waals surface area (Å²) >= 11 is 1.39. The van der Waals surface area contributed by atoms with Gasteiger partial charge < -0.3 is 20.9 Å². The smallest absolute Gasteiger partial charge is 0.287 e. The highest BCUT2D eigenvalue weighted by molar-refractivity contribution is 7.18. The van der Waals surface area contributed by atoms with Gasteiger partial charge in [-0.05, 0) is 49.5 Å². The SMILES string of the molecule is C/C=C\C(=C/C)c1c(C)sc2nc(C(=O)NCc3ccc4c(c3)CN(c3c(N)c(=O)c3=O)CC4)[nH]c(=O)c12. The molecule has 0 fully saturated rings. The number of hydrogen-bond acceptors (Lipinski definition) is 8. The van der Waals surface area contributed by atoms with Crippen LogP contribution in [0, 0.1) is 6.92 Å². The van der Waals surface area contributed by atoms with Gasteiger partial charge in [0.25, 0.3) is 22.3 Å². The maximum absolute atomic E-state index is 13.0. The van der Waals surface area contributed by atoms with Gasteiger partial charge in [-0.3, -0.25) is 19.2 Å². The summed E-state index contributed by atoms with van der Waals surface area (Å²) in [6.07, 6.45) is 6.53. The van der Waals surface area contributed by atoms with E-state index < -0.39 is 16.8 Å². The van der Waals surface area contributed by atoms with Crippen LogP contribution in [0.15, 0.2) is 50.8 Å². The molecule has 10 heteroatoms. The first-order valence-corrected chi connectivity index (χ1v) is 13.1. The number of nitrogens with two attached hydrogens (primary N) is 1. The molecule has 38 heavy (non-hydrogen) atoms. The second-order valence-electron chi connectivity index (χ2n) is 9.25. The molecule has 1 aliphatic rings. The molecular weight excluding hydrogens is 502 g/mol. The Morgan fingerprint density at radius 3 is 2.71 bits per heavy atom. The van der Waals surface area contributed by atoms with E-state index in [1.807, 2.05) is 62.1 Å². The number of aromatic amines is 1. The van der Waals surface area contributed by atoms with Gasteiger partial charge in [0.15, 0.2) is 0 Å². The summed E-state index contributed by atoms with van der Waals surface area (Å²) in [5.74, 6) is -0.518. The third-order valence-corrected chi connectivity index (χ3v) is 7.87. The molecule has 9 nitrogen and oxygen atoms in total. The molecular formula is C28H27N5O4S. The van der Waals surface area contributed by atoms with E-state index in [1.54, 1.807) is 0 Å². The average Bonchev–Trinajstić information content (AvgIpc) is 3.25. The predicted octanol–water partition coefficient (Wildman–Crippen LogP) is 2.94. The molecule has 2 aromatic heterocycles. The number of thiophene rings is 1. The molecule has 5 rings (SSSR count). The first-order chi connectivity index (χ1) is 18.2. The molecule has 4 aromatic rings. The first-order valence-electron chi connectivity index (χ1n) is 12.3. The lowest BCUT2D eigenvalue weighted by Crippen LogP contribution is -2.44. The van der Waals surface area contributed by atoms with Crippen molar-refractivity contribution in [1.29, 1.82) is 0 Å². The van der Waals surface area contributed by atoms with Crippen molar-refractivity contribution in [2.45, 2.75) is 40.3 Å². The Bertz CT molecular complexity index is 1790. The van der Waals surface area contributed by atoms with Crippen LogP contribution in [0.4, 0.5) is 11.4 Å². The molecule has 3 heterocycles. The van der Waals surface area contributed by atoms with Crippen LogP contribution in [0.5, 0.6) is 0 Å². The maximum Gasteiger partial charge on any atom is 0.287 e. The Morgan fingerprint density at radius 1 is 1.21 bits per heavy atom. The second-order valence-corrected chi connectivity index (χ2v) is 10.5. The molecule has 0 unspecified atom stereocenters. The number of rotatable bonds is 6. The summed E-state index contributed by atoms with van der Waals surface area (Å²) in [6, 6.07) is 5.91. The zero-order chi connectivity index (χ0) is 27.1. The van der Waals surface area contributed by atoms with Gasteiger partial charge in [0.05, 0.1) is 5.39 Å². The number of benzene rings is 1. The van der Waals surface area contributed by atoms with Crippen LogP contribution >= 0.6 is 11.3 Å². The van der Waals surface area contributed by atoms with E-state index in [9.17, 15) is 19.2 Å². The summed E-state index contributed by atoms with van der Waals surface area (Å²) in [4.78, 5) is 59.8. The van der Waals surface area contributed by atoms with Crippen molar-refractivity contribution in [2.75, 3.05) is 17.2 Å². The summed E-state index contributed by atoms with van der Waals surface area (Å²) in [6.45, 7) is 7.07. The number of fused-ring (bicyclic) bond motifs is 2. The Balaban J connectivity index is 1.34. The standard InChI is InChI=1S/C28H27N5O4S/c1-4-6-16(5-2)19-14(3)38-28-20(19)26(36)31-25(32-28)27(37)30-12-15-7-8-17-9-10-33(13-18(17)11-15)22-21(29)23(34)24(22)35/h4-8,11H,9-10,12-13,29H2,1-3H3,(H,30,37)(H,31,32,36)/b6-4-,16-5+. The van der Waals surface area contributed by atoms with Crippen LogP contribution in [-0.2, 0) is 19.5 Å². The van der Waals surface area contributed by atoms with Gasteiger partial charge in [0.2, 0.25) is 5.82 Å². The fraction of sp³-hybridized carbons (Fsp3) is 0.250. The molecule has 0 saturated heterocycles. The number of nitrogen functional groups attached to an aromatic ring is 1. The topological polar surface area (TPSA) is 138 Å². The number of nitrogens with zero attached hydrogens (tertiary/aromatic N) is 2. The minimum Gasteiger partial charge on any atom is -0.394 e. The summed E-state index contributed by atoms with van der Waals surface area (Å²) in [7, 11) is 0. The van der Waals surface area contributed by atoms with Crippen LogP contribution in [0.2, 0.25) is 0 Å². The van der Waals surface area contributed by atoms with E-state index in [4.69, 9.17) is 5.73 Å². The molecule has 0 saturated carbocycles. The van der Waals surface area contributed by atoms with Crippen molar-refractivity contribution >= 4 is 44.4 Å². The summed E-state index contributed by atoms with van der Waals surface area (Å²) in [5, 5.41) is 3.32. The number of hydrogen-bond donors (Lipinski definition) is 3. The van der Waals surface area contributed by atoms with Gasteiger partial charge in [0, 0.05) is 30.1 Å². The second kappa shape index (κ2) is 9.86. The number of aromatic nitrogens is 2. The number of allylic oxidation sites excluding steroid dienone is 4. The van der Waals surface area contributed by atoms with Crippen molar-refractivity contribution in [3.8, 4) is 0 Å². The minimum atomic E-state index is -0.624. The van der Waals surface area contributed by atoms with Gasteiger partial charge in [-0.1, -0.05) is 36.4 Å². The Morgan fingerprint density at radius 2 is 2.00 bits per heavy atom. The van der Waals surface area contributed by atoms with Crippen molar-refractivity contribution in [2.24, 2.45) is 0 Å². The highest BCUT2D eigenvalue weighted by Crippen LogP contribution is 2.33. The van der Waals surface area contributed by atoms with Gasteiger partial charge in [0.1, 0.15) is 16.2 Å². The molecule has 0 spiro atoms. The highest BCUT2D eigenvalue weighted by atomic mass is 32.1. The largest absolute Gasteiger partial charge is 0.394 e. The Labute approximate surface area is 222 Å². The Kier molecular flexibility index (Phi) is 6.58. The fourth-order valence-corrected chi connectivity index (χ4v) is 6.01. The van der Waals surface area contributed by atoms with Crippen LogP contribution < -0.4 is 32.4 Å². The summed E-state index contributed by atoms with van der Waals surface area (Å²) in [5.41, 5.74) is 9.33. The lowest BCUT2D eigenvalue weighted by Gasteiger charge is -2.32. The predicted molar refractivity (Wildman–Crippen MR) is 152 cm³/mol. The van der Waals surface area contributed by atoms with Crippen molar-refractivity contribution in [3.63, 3.8) is 0 Å². The zero-order valence-electron chi connectivity index (χ0n) is 21.3. The molecule has 1 aliphatic heterocycles. The van der Waals surface area contributed by atoms with Crippen LogP contribution in [-0.4, -0.2) is 22.4 Å². The molecule has 1 amide bonds. The van der Waals surface area contributed by atoms with Crippen LogP contribution in [0.3, 0.4) is 0 Å². The van der Waals surface area contributed by atoms with Gasteiger partial charge >= 0.3 is 0 Å². The first kappa shape index (κ1) is 25.3. The highest BCUT2D eigenvalue weighted by Gasteiger charge is 2.27. The minimum absolute atomic E-state index is 0.0251. The lowest BCUT2D eigenvalue weighted by molar-refractivity contribution is 0.0940. The summed E-state index contributed by atoms with van der Waals surface area (Å²) < 4.78 is 0. The molecule has 0 bridgehead atoms. The molecule has 0 aliphatic carbocycles. The normalized spacial score (nSPS) is 14.0. The zero-order valence-corrected chi connectivity index (χ0v) is 22.1. The monoisotopic (exact) mass is 529 g/mol. The number of carbonyl (C=O) groups is 1. The molecule has 4 N–H and O–H groups in total. The van der Waals surface area contributed by atoms with E-state index >= 15 is 0 Å². The fourth-order valence-electron chi connectivity index (χ4n) is 4.97. The number of anilines is 2. The van der Waals surface area contributed by atoms with Crippen LogP contribution in [0.1, 0.15) is 51.6 Å². The molecule has 194 valence electrons. The molecule has 2 aromatic carbocycles. The number of nitrogens with one attached hydrogen (secondary N) is 2. The van der Waals surface area contributed by atoms with E-state index in [2.05, 4.69) is 15.3 Å². The van der Waals surface area contributed by atoms with Crippen molar-refractivity contribution in [3.05, 3.63) is 100 Å². The van der Waals surface area contributed by atoms with Gasteiger partial charge in [-0.25, -0.2) is 4.98 Å². The van der Waals surface area contributed by atoms with Crippen molar-refractivity contribution in [1.82, 2.24) is 15.3 Å².